The maximum Gasteiger partial charge on any atom is 0.0955 e. The highest BCUT2D eigenvalue weighted by Crippen LogP contribution is 2.23. The summed E-state index contributed by atoms with van der Waals surface area (Å²) < 4.78 is 6.99. The molecule has 1 aromatic carbocycles. The van der Waals surface area contributed by atoms with Gasteiger partial charge in [-0.3, -0.25) is 0 Å². The Morgan fingerprint density at radius 2 is 2.05 bits per heavy atom. The summed E-state index contributed by atoms with van der Waals surface area (Å²) in [5.41, 5.74) is 7.36. The number of nitrogens with zero attached hydrogens (tertiary/aromatic N) is 1. The first-order chi connectivity index (χ1) is 9.11. The number of fused-ring (bicyclic) bond motifs is 1. The smallest absolute Gasteiger partial charge is 0.0955 e. The van der Waals surface area contributed by atoms with Crippen molar-refractivity contribution in [3.05, 3.63) is 29.3 Å². The van der Waals surface area contributed by atoms with Gasteiger partial charge in [-0.15, -0.1) is 11.3 Å². The van der Waals surface area contributed by atoms with Crippen LogP contribution in [0.15, 0.2) is 24.3 Å². The number of benzene rings is 1. The number of hydrogen-bond donors (Lipinski definition) is 1. The molecule has 0 saturated carbocycles. The van der Waals surface area contributed by atoms with E-state index < -0.39 is 0 Å². The van der Waals surface area contributed by atoms with E-state index in [1.807, 2.05) is 25.1 Å². The topological polar surface area (TPSA) is 48.1 Å². The molecule has 0 bridgehead atoms. The minimum atomic E-state index is 0.000474. The lowest BCUT2D eigenvalue weighted by atomic mass is 9.98. The van der Waals surface area contributed by atoms with Crippen molar-refractivity contribution in [2.75, 3.05) is 6.61 Å². The Kier molecular flexibility index (Phi) is 4.91. The number of thiazole rings is 1. The average molecular weight is 278 g/mol. The van der Waals surface area contributed by atoms with Gasteiger partial charge < -0.3 is 10.5 Å². The number of nitrogens with two attached hydrogens (primary N) is 1. The molecule has 2 atom stereocenters. The molecule has 1 heterocycles. The van der Waals surface area contributed by atoms with Gasteiger partial charge in [-0.1, -0.05) is 26.0 Å². The molecule has 19 heavy (non-hydrogen) atoms. The second-order valence-electron chi connectivity index (χ2n) is 5.11. The van der Waals surface area contributed by atoms with Crippen LogP contribution in [-0.2, 0) is 11.2 Å². The van der Waals surface area contributed by atoms with Crippen LogP contribution in [0, 0.1) is 5.92 Å². The number of aromatic nitrogens is 1. The van der Waals surface area contributed by atoms with Gasteiger partial charge in [0.15, 0.2) is 0 Å². The van der Waals surface area contributed by atoms with Crippen LogP contribution in [0.3, 0.4) is 0 Å². The lowest BCUT2D eigenvalue weighted by Gasteiger charge is -2.26. The van der Waals surface area contributed by atoms with E-state index in [-0.39, 0.29) is 12.1 Å². The lowest BCUT2D eigenvalue weighted by molar-refractivity contribution is 0.0128. The van der Waals surface area contributed by atoms with Gasteiger partial charge in [0, 0.05) is 19.1 Å². The highest BCUT2D eigenvalue weighted by molar-refractivity contribution is 7.18. The molecule has 0 spiro atoms. The van der Waals surface area contributed by atoms with Gasteiger partial charge in [0.05, 0.1) is 21.3 Å². The Morgan fingerprint density at radius 1 is 1.32 bits per heavy atom. The highest BCUT2D eigenvalue weighted by Gasteiger charge is 2.23. The summed E-state index contributed by atoms with van der Waals surface area (Å²) in [7, 11) is 0. The van der Waals surface area contributed by atoms with E-state index in [4.69, 9.17) is 10.5 Å². The second-order valence-corrected chi connectivity index (χ2v) is 6.22. The van der Waals surface area contributed by atoms with Crippen LogP contribution in [0.5, 0.6) is 0 Å². The largest absolute Gasteiger partial charge is 0.377 e. The molecule has 2 rings (SSSR count). The van der Waals surface area contributed by atoms with Gasteiger partial charge >= 0.3 is 0 Å². The van der Waals surface area contributed by atoms with Crippen LogP contribution >= 0.6 is 11.3 Å². The fourth-order valence-corrected chi connectivity index (χ4v) is 3.37. The van der Waals surface area contributed by atoms with Gasteiger partial charge in [-0.05, 0) is 25.0 Å². The normalized spacial score (nSPS) is 15.0. The Bertz CT molecular complexity index is 491. The van der Waals surface area contributed by atoms with Crippen molar-refractivity contribution in [3.8, 4) is 0 Å². The van der Waals surface area contributed by atoms with Gasteiger partial charge in [0.1, 0.15) is 0 Å². The second kappa shape index (κ2) is 6.46. The molecule has 3 nitrogen and oxygen atoms in total. The van der Waals surface area contributed by atoms with Gasteiger partial charge in [-0.2, -0.15) is 0 Å². The summed E-state index contributed by atoms with van der Waals surface area (Å²) in [6.07, 6.45) is 0.874. The van der Waals surface area contributed by atoms with Crippen LogP contribution in [0.4, 0.5) is 0 Å². The molecule has 0 aliphatic rings. The Morgan fingerprint density at radius 3 is 2.68 bits per heavy atom. The molecule has 0 fully saturated rings. The SMILES string of the molecule is CCOC(C(C)C)C(N)Cc1nc2ccccc2s1. The zero-order valence-corrected chi connectivity index (χ0v) is 12.6. The minimum absolute atomic E-state index is 0.000474. The number of para-hydroxylation sites is 1. The third kappa shape index (κ3) is 3.53. The maximum absolute atomic E-state index is 6.30. The van der Waals surface area contributed by atoms with Crippen molar-refractivity contribution in [3.63, 3.8) is 0 Å². The lowest BCUT2D eigenvalue weighted by Crippen LogP contribution is -2.42. The zero-order valence-electron chi connectivity index (χ0n) is 11.8. The highest BCUT2D eigenvalue weighted by atomic mass is 32.1. The minimum Gasteiger partial charge on any atom is -0.377 e. The van der Waals surface area contributed by atoms with E-state index in [9.17, 15) is 0 Å². The summed E-state index contributed by atoms with van der Waals surface area (Å²) in [4.78, 5) is 4.64. The molecule has 2 N–H and O–H groups in total. The Hall–Kier alpha value is -0.970. The summed E-state index contributed by atoms with van der Waals surface area (Å²) in [6, 6.07) is 8.21. The van der Waals surface area contributed by atoms with E-state index in [1.165, 1.54) is 4.70 Å². The first kappa shape index (κ1) is 14.4. The molecule has 4 heteroatoms. The first-order valence-electron chi connectivity index (χ1n) is 6.83. The van der Waals surface area contributed by atoms with Crippen molar-refractivity contribution >= 4 is 21.6 Å². The number of rotatable bonds is 6. The number of hydrogen-bond acceptors (Lipinski definition) is 4. The zero-order chi connectivity index (χ0) is 13.8. The van der Waals surface area contributed by atoms with Gasteiger partial charge in [0.25, 0.3) is 0 Å². The predicted molar refractivity (Wildman–Crippen MR) is 81.6 cm³/mol. The summed E-state index contributed by atoms with van der Waals surface area (Å²) in [5, 5.41) is 1.10. The molecule has 0 saturated heterocycles. The van der Waals surface area contributed by atoms with Crippen LogP contribution in [0.1, 0.15) is 25.8 Å². The van der Waals surface area contributed by atoms with E-state index in [2.05, 4.69) is 24.9 Å². The van der Waals surface area contributed by atoms with Crippen LogP contribution < -0.4 is 5.73 Å². The molecule has 104 valence electrons. The molecule has 0 radical (unpaired) electrons. The summed E-state index contributed by atoms with van der Waals surface area (Å²) in [6.45, 7) is 7.02. The monoisotopic (exact) mass is 278 g/mol. The van der Waals surface area contributed by atoms with Crippen molar-refractivity contribution in [2.24, 2.45) is 11.7 Å². The van der Waals surface area contributed by atoms with Gasteiger partial charge in [0.2, 0.25) is 0 Å². The van der Waals surface area contributed by atoms with Crippen LogP contribution in [0.25, 0.3) is 10.2 Å². The molecular weight excluding hydrogens is 256 g/mol. The standard InChI is InChI=1S/C15H22N2OS/c1-4-18-15(10(2)3)11(16)9-14-17-12-7-5-6-8-13(12)19-14/h5-8,10-11,15H,4,9,16H2,1-3H3. The molecule has 1 aromatic heterocycles. The van der Waals surface area contributed by atoms with E-state index in [0.29, 0.717) is 12.5 Å². The fraction of sp³-hybridized carbons (Fsp3) is 0.533. The summed E-state index contributed by atoms with van der Waals surface area (Å²) >= 11 is 1.73. The fourth-order valence-electron chi connectivity index (χ4n) is 2.33. The third-order valence-corrected chi connectivity index (χ3v) is 4.25. The molecule has 0 aliphatic heterocycles. The van der Waals surface area contributed by atoms with E-state index >= 15 is 0 Å². The molecule has 0 amide bonds. The Labute approximate surface area is 118 Å². The van der Waals surface area contributed by atoms with Crippen LogP contribution in [0.2, 0.25) is 0 Å². The Balaban J connectivity index is 2.10. The first-order valence-corrected chi connectivity index (χ1v) is 7.65. The quantitative estimate of drug-likeness (QED) is 0.882. The predicted octanol–water partition coefficient (Wildman–Crippen LogP) is 3.23. The number of ether oxygens (including phenoxy) is 1. The maximum atomic E-state index is 6.30. The molecule has 0 aliphatic carbocycles. The molecule has 2 unspecified atom stereocenters. The molecular formula is C15H22N2OS. The van der Waals surface area contributed by atoms with E-state index in [1.54, 1.807) is 11.3 Å². The summed E-state index contributed by atoms with van der Waals surface area (Å²) in [5.74, 6) is 0.421. The van der Waals surface area contributed by atoms with Crippen molar-refractivity contribution in [1.29, 1.82) is 0 Å². The van der Waals surface area contributed by atoms with Crippen LogP contribution in [-0.4, -0.2) is 23.7 Å². The molecule has 2 aromatic rings. The third-order valence-electron chi connectivity index (χ3n) is 3.19. The van der Waals surface area contributed by atoms with Crippen molar-refractivity contribution in [1.82, 2.24) is 4.98 Å². The van der Waals surface area contributed by atoms with E-state index in [0.717, 1.165) is 16.9 Å². The van der Waals surface area contributed by atoms with Crippen molar-refractivity contribution < 1.29 is 4.74 Å². The van der Waals surface area contributed by atoms with Crippen molar-refractivity contribution in [2.45, 2.75) is 39.3 Å². The van der Waals surface area contributed by atoms with Gasteiger partial charge in [-0.25, -0.2) is 4.98 Å². The average Bonchev–Trinajstić information content (AvgIpc) is 2.77.